The fourth-order valence-electron chi connectivity index (χ4n) is 1.82. The molecule has 0 bridgehead atoms. The van der Waals surface area contributed by atoms with Crippen molar-refractivity contribution in [2.24, 2.45) is 5.41 Å². The molecule has 0 spiro atoms. The molecule has 1 rings (SSSR count). The zero-order valence-corrected chi connectivity index (χ0v) is 12.0. The average molecular weight is 244 g/mol. The second-order valence-corrected chi connectivity index (χ2v) is 5.80. The van der Waals surface area contributed by atoms with Crippen molar-refractivity contribution in [3.05, 3.63) is 35.9 Å². The van der Waals surface area contributed by atoms with Crippen molar-refractivity contribution in [2.75, 3.05) is 6.54 Å². The summed E-state index contributed by atoms with van der Waals surface area (Å²) < 4.78 is 0. The van der Waals surface area contributed by atoms with Crippen LogP contribution in [-0.2, 0) is 6.54 Å². The van der Waals surface area contributed by atoms with Crippen LogP contribution in [0.1, 0.15) is 39.7 Å². The Labute approximate surface area is 111 Å². The Bertz CT molecular complexity index is 387. The number of hydrogen-bond acceptors (Lipinski definition) is 2. The highest BCUT2D eigenvalue weighted by Crippen LogP contribution is 2.20. The molecule has 0 aromatic heterocycles. The molecule has 0 fully saturated rings. The third-order valence-electron chi connectivity index (χ3n) is 3.29. The van der Waals surface area contributed by atoms with Crippen molar-refractivity contribution >= 4 is 0 Å². The predicted octanol–water partition coefficient (Wildman–Crippen LogP) is 3.84. The van der Waals surface area contributed by atoms with E-state index in [4.69, 9.17) is 5.26 Å². The highest BCUT2D eigenvalue weighted by molar-refractivity contribution is 5.14. The average Bonchev–Trinajstić information content (AvgIpc) is 2.35. The number of rotatable bonds is 6. The van der Waals surface area contributed by atoms with E-state index in [0.29, 0.717) is 6.04 Å². The minimum Gasteiger partial charge on any atom is -0.297 e. The molecule has 2 heteroatoms. The molecule has 0 aliphatic heterocycles. The zero-order valence-electron chi connectivity index (χ0n) is 12.0. The van der Waals surface area contributed by atoms with Gasteiger partial charge in [0.15, 0.2) is 0 Å². The lowest BCUT2D eigenvalue weighted by Crippen LogP contribution is -2.33. The molecule has 18 heavy (non-hydrogen) atoms. The summed E-state index contributed by atoms with van der Waals surface area (Å²) in [6, 6.07) is 13.4. The Morgan fingerprint density at radius 1 is 1.22 bits per heavy atom. The van der Waals surface area contributed by atoms with E-state index in [1.54, 1.807) is 0 Å². The fourth-order valence-corrected chi connectivity index (χ4v) is 1.82. The molecule has 0 aliphatic carbocycles. The second kappa shape index (κ2) is 6.56. The van der Waals surface area contributed by atoms with E-state index >= 15 is 0 Å². The summed E-state index contributed by atoms with van der Waals surface area (Å²) in [6.07, 6.45) is 0.911. The van der Waals surface area contributed by atoms with Crippen LogP contribution in [0.25, 0.3) is 0 Å². The Kier molecular flexibility index (Phi) is 5.37. The van der Waals surface area contributed by atoms with Crippen molar-refractivity contribution in [3.8, 4) is 6.07 Å². The third kappa shape index (κ3) is 4.89. The Morgan fingerprint density at radius 2 is 1.83 bits per heavy atom. The first-order valence-corrected chi connectivity index (χ1v) is 6.64. The summed E-state index contributed by atoms with van der Waals surface area (Å²) in [5, 5.41) is 9.07. The van der Waals surface area contributed by atoms with Gasteiger partial charge in [0.25, 0.3) is 0 Å². The highest BCUT2D eigenvalue weighted by Gasteiger charge is 2.19. The predicted molar refractivity (Wildman–Crippen MR) is 76.0 cm³/mol. The van der Waals surface area contributed by atoms with Gasteiger partial charge in [-0.25, -0.2) is 0 Å². The zero-order chi connectivity index (χ0) is 13.6. The summed E-state index contributed by atoms with van der Waals surface area (Å²) in [4.78, 5) is 2.43. The fraction of sp³-hybridized carbons (Fsp3) is 0.562. The first-order valence-electron chi connectivity index (χ1n) is 6.64. The normalized spacial score (nSPS) is 11.8. The molecule has 0 saturated carbocycles. The van der Waals surface area contributed by atoms with E-state index in [-0.39, 0.29) is 5.41 Å². The maximum Gasteiger partial charge on any atom is 0.0684 e. The molecular formula is C16H24N2. The van der Waals surface area contributed by atoms with Gasteiger partial charge in [-0.1, -0.05) is 30.3 Å². The van der Waals surface area contributed by atoms with Crippen molar-refractivity contribution in [3.63, 3.8) is 0 Å². The minimum absolute atomic E-state index is 0.232. The Hall–Kier alpha value is -1.33. The minimum atomic E-state index is -0.232. The molecule has 0 amide bonds. The number of benzene rings is 1. The van der Waals surface area contributed by atoms with Gasteiger partial charge in [-0.05, 0) is 39.7 Å². The molecule has 1 aromatic rings. The van der Waals surface area contributed by atoms with Crippen LogP contribution >= 0.6 is 0 Å². The molecule has 0 atom stereocenters. The molecular weight excluding hydrogens is 220 g/mol. The van der Waals surface area contributed by atoms with Gasteiger partial charge in [0.1, 0.15) is 0 Å². The van der Waals surface area contributed by atoms with E-state index < -0.39 is 0 Å². The van der Waals surface area contributed by atoms with E-state index in [1.807, 2.05) is 19.9 Å². The van der Waals surface area contributed by atoms with E-state index in [2.05, 4.69) is 49.1 Å². The van der Waals surface area contributed by atoms with Crippen molar-refractivity contribution in [2.45, 2.75) is 46.7 Å². The summed E-state index contributed by atoms with van der Waals surface area (Å²) >= 11 is 0. The monoisotopic (exact) mass is 244 g/mol. The number of nitriles is 1. The Morgan fingerprint density at radius 3 is 2.33 bits per heavy atom. The van der Waals surface area contributed by atoms with Gasteiger partial charge >= 0.3 is 0 Å². The van der Waals surface area contributed by atoms with Crippen molar-refractivity contribution in [1.82, 2.24) is 4.90 Å². The molecule has 0 radical (unpaired) electrons. The first kappa shape index (κ1) is 14.7. The number of hydrogen-bond donors (Lipinski definition) is 0. The molecule has 0 unspecified atom stereocenters. The molecule has 98 valence electrons. The van der Waals surface area contributed by atoms with Crippen molar-refractivity contribution in [1.29, 1.82) is 5.26 Å². The van der Waals surface area contributed by atoms with Gasteiger partial charge in [0, 0.05) is 19.1 Å². The SMILES string of the molecule is CC(C)N(CCC(C)(C)C#N)Cc1ccccc1. The number of nitrogens with zero attached hydrogens (tertiary/aromatic N) is 2. The van der Waals surface area contributed by atoms with Gasteiger partial charge in [0.2, 0.25) is 0 Å². The summed E-state index contributed by atoms with van der Waals surface area (Å²) in [6.45, 7) is 10.4. The van der Waals surface area contributed by atoms with Gasteiger partial charge < -0.3 is 0 Å². The van der Waals surface area contributed by atoms with Crippen LogP contribution in [0.4, 0.5) is 0 Å². The van der Waals surface area contributed by atoms with Gasteiger partial charge in [-0.2, -0.15) is 5.26 Å². The lowest BCUT2D eigenvalue weighted by atomic mass is 9.91. The quantitative estimate of drug-likeness (QED) is 0.760. The Balaban J connectivity index is 2.59. The van der Waals surface area contributed by atoms with Crippen LogP contribution in [0.3, 0.4) is 0 Å². The highest BCUT2D eigenvalue weighted by atomic mass is 15.1. The third-order valence-corrected chi connectivity index (χ3v) is 3.29. The van der Waals surface area contributed by atoms with E-state index in [0.717, 1.165) is 19.5 Å². The topological polar surface area (TPSA) is 27.0 Å². The van der Waals surface area contributed by atoms with Gasteiger partial charge in [0.05, 0.1) is 11.5 Å². The largest absolute Gasteiger partial charge is 0.297 e. The first-order chi connectivity index (χ1) is 8.44. The second-order valence-electron chi connectivity index (χ2n) is 5.80. The van der Waals surface area contributed by atoms with Crippen molar-refractivity contribution < 1.29 is 0 Å². The van der Waals surface area contributed by atoms with E-state index in [9.17, 15) is 0 Å². The van der Waals surface area contributed by atoms with Gasteiger partial charge in [-0.15, -0.1) is 0 Å². The molecule has 0 N–H and O–H groups in total. The van der Waals surface area contributed by atoms with Crippen LogP contribution < -0.4 is 0 Å². The lowest BCUT2D eigenvalue weighted by molar-refractivity contribution is 0.190. The summed E-state index contributed by atoms with van der Waals surface area (Å²) in [5.74, 6) is 0. The molecule has 0 aliphatic rings. The van der Waals surface area contributed by atoms with Crippen LogP contribution in [0.5, 0.6) is 0 Å². The maximum atomic E-state index is 9.07. The lowest BCUT2D eigenvalue weighted by Gasteiger charge is -2.29. The smallest absolute Gasteiger partial charge is 0.0684 e. The van der Waals surface area contributed by atoms with Crippen LogP contribution in [0.15, 0.2) is 30.3 Å². The maximum absolute atomic E-state index is 9.07. The van der Waals surface area contributed by atoms with Crippen LogP contribution in [0.2, 0.25) is 0 Å². The molecule has 2 nitrogen and oxygen atoms in total. The molecule has 1 aromatic carbocycles. The van der Waals surface area contributed by atoms with Crippen LogP contribution in [-0.4, -0.2) is 17.5 Å². The summed E-state index contributed by atoms with van der Waals surface area (Å²) in [5.41, 5.74) is 1.10. The standard InChI is InChI=1S/C16H24N2/c1-14(2)18(11-10-16(3,4)13-17)12-15-8-6-5-7-9-15/h5-9,14H,10-12H2,1-4H3. The summed E-state index contributed by atoms with van der Waals surface area (Å²) in [7, 11) is 0. The van der Waals surface area contributed by atoms with Gasteiger partial charge in [-0.3, -0.25) is 4.90 Å². The van der Waals surface area contributed by atoms with Crippen LogP contribution in [0, 0.1) is 16.7 Å². The molecule has 0 saturated heterocycles. The van der Waals surface area contributed by atoms with E-state index in [1.165, 1.54) is 5.56 Å². The molecule has 0 heterocycles.